The number of aliphatic hydroxyl groups is 1. The highest BCUT2D eigenvalue weighted by Gasteiger charge is 2.32. The molecular formula is C11H15N3O4S. The summed E-state index contributed by atoms with van der Waals surface area (Å²) in [5.74, 6) is -0.644. The van der Waals surface area contributed by atoms with Crippen LogP contribution in [-0.2, 0) is 4.79 Å². The quantitative estimate of drug-likeness (QED) is 0.634. The van der Waals surface area contributed by atoms with Crippen LogP contribution >= 0.6 is 11.3 Å². The van der Waals surface area contributed by atoms with Crippen molar-refractivity contribution < 1.29 is 14.8 Å². The molecule has 2 unspecified atom stereocenters. The van der Waals surface area contributed by atoms with Crippen LogP contribution in [0.25, 0.3) is 0 Å². The molecular weight excluding hydrogens is 270 g/mol. The van der Waals surface area contributed by atoms with Gasteiger partial charge in [0.25, 0.3) is 0 Å². The van der Waals surface area contributed by atoms with Gasteiger partial charge in [0.05, 0.1) is 16.9 Å². The maximum absolute atomic E-state index is 11.1. The molecule has 8 heteroatoms. The Balaban J connectivity index is 2.29. The fraction of sp³-hybridized carbons (Fsp3) is 0.545. The summed E-state index contributed by atoms with van der Waals surface area (Å²) in [5, 5.41) is 21.1. The third-order valence-corrected chi connectivity index (χ3v) is 4.55. The van der Waals surface area contributed by atoms with Gasteiger partial charge in [0, 0.05) is 24.0 Å². The molecule has 1 fully saturated rings. The molecule has 104 valence electrons. The molecule has 0 aliphatic carbocycles. The molecule has 1 aromatic rings. The molecule has 2 heterocycles. The molecule has 0 saturated carbocycles. The molecule has 1 amide bonds. The van der Waals surface area contributed by atoms with Gasteiger partial charge in [-0.2, -0.15) is 0 Å². The minimum atomic E-state index is -0.744. The van der Waals surface area contributed by atoms with Gasteiger partial charge in [0.15, 0.2) is 5.00 Å². The zero-order valence-electron chi connectivity index (χ0n) is 10.4. The first-order valence-electron chi connectivity index (χ1n) is 5.90. The van der Waals surface area contributed by atoms with E-state index in [9.17, 15) is 20.0 Å². The van der Waals surface area contributed by atoms with Gasteiger partial charge in [0.1, 0.15) is 0 Å². The molecule has 1 aromatic heterocycles. The fourth-order valence-corrected chi connectivity index (χ4v) is 3.23. The van der Waals surface area contributed by atoms with Gasteiger partial charge in [-0.25, -0.2) is 0 Å². The number of nitrogens with zero attached hydrogens (tertiary/aromatic N) is 2. The van der Waals surface area contributed by atoms with Gasteiger partial charge < -0.3 is 15.7 Å². The molecule has 19 heavy (non-hydrogen) atoms. The predicted molar refractivity (Wildman–Crippen MR) is 71.1 cm³/mol. The normalized spacial score (nSPS) is 20.5. The summed E-state index contributed by atoms with van der Waals surface area (Å²) < 4.78 is 0. The largest absolute Gasteiger partial charge is 0.388 e. The molecule has 0 bridgehead atoms. The van der Waals surface area contributed by atoms with E-state index in [0.29, 0.717) is 29.4 Å². The van der Waals surface area contributed by atoms with Crippen molar-refractivity contribution in [2.75, 3.05) is 18.0 Å². The van der Waals surface area contributed by atoms with E-state index in [4.69, 9.17) is 5.73 Å². The van der Waals surface area contributed by atoms with Crippen molar-refractivity contribution >= 4 is 27.9 Å². The Morgan fingerprint density at radius 3 is 2.89 bits per heavy atom. The lowest BCUT2D eigenvalue weighted by atomic mass is 10.1. The van der Waals surface area contributed by atoms with Gasteiger partial charge in [-0.1, -0.05) is 0 Å². The molecule has 0 spiro atoms. The van der Waals surface area contributed by atoms with Crippen molar-refractivity contribution in [1.82, 2.24) is 0 Å². The SMILES string of the molecule is CC(O)c1cc([N+](=O)[O-])c(N2CCC(C(N)=O)C2)s1. The predicted octanol–water partition coefficient (Wildman–Crippen LogP) is 1.02. The smallest absolute Gasteiger partial charge is 0.304 e. The number of nitrogens with two attached hydrogens (primary N) is 1. The number of carbonyl (C=O) groups is 1. The second-order valence-corrected chi connectivity index (χ2v) is 5.67. The third-order valence-electron chi connectivity index (χ3n) is 3.20. The molecule has 2 atom stereocenters. The van der Waals surface area contributed by atoms with Gasteiger partial charge in [-0.05, 0) is 13.3 Å². The number of hydrogen-bond acceptors (Lipinski definition) is 6. The van der Waals surface area contributed by atoms with Gasteiger partial charge >= 0.3 is 5.69 Å². The second-order valence-electron chi connectivity index (χ2n) is 4.61. The average molecular weight is 285 g/mol. The lowest BCUT2D eigenvalue weighted by molar-refractivity contribution is -0.383. The van der Waals surface area contributed by atoms with Crippen molar-refractivity contribution in [2.45, 2.75) is 19.4 Å². The number of rotatable bonds is 4. The topological polar surface area (TPSA) is 110 Å². The molecule has 1 aliphatic rings. The summed E-state index contributed by atoms with van der Waals surface area (Å²) in [4.78, 5) is 24.1. The highest BCUT2D eigenvalue weighted by atomic mass is 32.1. The van der Waals surface area contributed by atoms with Crippen LogP contribution in [0.15, 0.2) is 6.07 Å². The number of nitro groups is 1. The Kier molecular flexibility index (Phi) is 3.72. The first kappa shape index (κ1) is 13.8. The first-order chi connectivity index (χ1) is 8.90. The average Bonchev–Trinajstić information content (AvgIpc) is 2.95. The van der Waals surface area contributed by atoms with E-state index in [2.05, 4.69) is 0 Å². The fourth-order valence-electron chi connectivity index (χ4n) is 2.13. The minimum absolute atomic E-state index is 0.0222. The Morgan fingerprint density at radius 1 is 1.74 bits per heavy atom. The van der Waals surface area contributed by atoms with Crippen molar-refractivity contribution in [2.24, 2.45) is 11.7 Å². The van der Waals surface area contributed by atoms with Crippen LogP contribution in [0.5, 0.6) is 0 Å². The maximum atomic E-state index is 11.1. The summed E-state index contributed by atoms with van der Waals surface area (Å²) in [5.41, 5.74) is 5.23. The zero-order valence-corrected chi connectivity index (χ0v) is 11.2. The summed E-state index contributed by atoms with van der Waals surface area (Å²) in [6.07, 6.45) is -0.138. The van der Waals surface area contributed by atoms with E-state index in [-0.39, 0.29) is 17.5 Å². The van der Waals surface area contributed by atoms with Crippen molar-refractivity contribution in [1.29, 1.82) is 0 Å². The summed E-state index contributed by atoms with van der Waals surface area (Å²) in [7, 11) is 0. The molecule has 1 aliphatic heterocycles. The number of primary amides is 1. The Hall–Kier alpha value is -1.67. The van der Waals surface area contributed by atoms with Gasteiger partial charge in [-0.15, -0.1) is 11.3 Å². The molecule has 1 saturated heterocycles. The van der Waals surface area contributed by atoms with Crippen molar-refractivity contribution in [3.8, 4) is 0 Å². The molecule has 0 radical (unpaired) electrons. The molecule has 2 rings (SSSR count). The lowest BCUT2D eigenvalue weighted by Crippen LogP contribution is -2.27. The third kappa shape index (κ3) is 2.69. The second kappa shape index (κ2) is 5.14. The van der Waals surface area contributed by atoms with Crippen LogP contribution in [0.3, 0.4) is 0 Å². The van der Waals surface area contributed by atoms with Crippen LogP contribution < -0.4 is 10.6 Å². The Bertz CT molecular complexity index is 514. The minimum Gasteiger partial charge on any atom is -0.388 e. The van der Waals surface area contributed by atoms with E-state index in [1.807, 2.05) is 0 Å². The highest BCUT2D eigenvalue weighted by molar-refractivity contribution is 7.16. The van der Waals surface area contributed by atoms with Crippen LogP contribution in [0.4, 0.5) is 10.7 Å². The standard InChI is InChI=1S/C11H15N3O4S/c1-6(15)9-4-8(14(17)18)11(19-9)13-3-2-7(5-13)10(12)16/h4,6-7,15H,2-3,5H2,1H3,(H2,12,16). The van der Waals surface area contributed by atoms with Crippen LogP contribution in [0.2, 0.25) is 0 Å². The van der Waals surface area contributed by atoms with E-state index in [1.54, 1.807) is 11.8 Å². The monoisotopic (exact) mass is 285 g/mol. The molecule has 7 nitrogen and oxygen atoms in total. The molecule has 0 aromatic carbocycles. The van der Waals surface area contributed by atoms with Gasteiger partial charge in [-0.3, -0.25) is 14.9 Å². The lowest BCUT2D eigenvalue weighted by Gasteiger charge is -2.14. The van der Waals surface area contributed by atoms with Crippen LogP contribution in [0, 0.1) is 16.0 Å². The van der Waals surface area contributed by atoms with E-state index < -0.39 is 11.0 Å². The van der Waals surface area contributed by atoms with Crippen molar-refractivity contribution in [3.05, 3.63) is 21.1 Å². The first-order valence-corrected chi connectivity index (χ1v) is 6.72. The number of carbonyl (C=O) groups excluding carboxylic acids is 1. The maximum Gasteiger partial charge on any atom is 0.304 e. The number of anilines is 1. The zero-order chi connectivity index (χ0) is 14.2. The summed E-state index contributed by atoms with van der Waals surface area (Å²) >= 11 is 1.19. The van der Waals surface area contributed by atoms with E-state index in [1.165, 1.54) is 17.4 Å². The summed E-state index contributed by atoms with van der Waals surface area (Å²) in [6.45, 7) is 2.53. The van der Waals surface area contributed by atoms with Crippen molar-refractivity contribution in [3.63, 3.8) is 0 Å². The summed E-state index contributed by atoms with van der Waals surface area (Å²) in [6, 6.07) is 1.39. The van der Waals surface area contributed by atoms with Gasteiger partial charge in [0.2, 0.25) is 5.91 Å². The Morgan fingerprint density at radius 2 is 2.42 bits per heavy atom. The van der Waals surface area contributed by atoms with E-state index >= 15 is 0 Å². The highest BCUT2D eigenvalue weighted by Crippen LogP contribution is 2.41. The van der Waals surface area contributed by atoms with E-state index in [0.717, 1.165) is 0 Å². The number of amides is 1. The number of hydrogen-bond donors (Lipinski definition) is 2. The van der Waals surface area contributed by atoms with Crippen LogP contribution in [-0.4, -0.2) is 29.0 Å². The number of aliphatic hydroxyl groups excluding tert-OH is 1. The number of thiophene rings is 1. The molecule has 3 N–H and O–H groups in total. The Labute approximate surface area is 113 Å². The van der Waals surface area contributed by atoms with Crippen LogP contribution in [0.1, 0.15) is 24.3 Å².